The van der Waals surface area contributed by atoms with E-state index in [2.05, 4.69) is 24.4 Å². The monoisotopic (exact) mass is 262 g/mol. The molecule has 1 fully saturated rings. The zero-order valence-corrected chi connectivity index (χ0v) is 11.4. The molecule has 3 rings (SSSR count). The smallest absolute Gasteiger partial charge is 0.231 e. The fourth-order valence-electron chi connectivity index (χ4n) is 2.74. The number of carbonyl (C=O) groups is 1. The Kier molecular flexibility index (Phi) is 3.31. The summed E-state index contributed by atoms with van der Waals surface area (Å²) >= 11 is 1.81. The lowest BCUT2D eigenvalue weighted by atomic mass is 9.98. The van der Waals surface area contributed by atoms with Crippen LogP contribution in [0.2, 0.25) is 0 Å². The highest BCUT2D eigenvalue weighted by Crippen LogP contribution is 2.40. The maximum absolute atomic E-state index is 12.7. The summed E-state index contributed by atoms with van der Waals surface area (Å²) in [6, 6.07) is 8.61. The average molecular weight is 262 g/mol. The highest BCUT2D eigenvalue weighted by molar-refractivity contribution is 7.99. The number of nitrogens with zero attached hydrogens (tertiary/aromatic N) is 1. The maximum atomic E-state index is 12.7. The van der Waals surface area contributed by atoms with Crippen LogP contribution in [0.5, 0.6) is 0 Å². The lowest BCUT2D eigenvalue weighted by Gasteiger charge is -2.35. The van der Waals surface area contributed by atoms with Gasteiger partial charge in [0.15, 0.2) is 0 Å². The molecule has 0 bridgehead atoms. The van der Waals surface area contributed by atoms with Gasteiger partial charge >= 0.3 is 0 Å². The van der Waals surface area contributed by atoms with Gasteiger partial charge in [-0.25, -0.2) is 0 Å². The first-order chi connectivity index (χ1) is 8.77. The molecule has 0 saturated carbocycles. The number of hydrogen-bond donors (Lipinski definition) is 1. The van der Waals surface area contributed by atoms with Crippen LogP contribution < -0.4 is 5.32 Å². The van der Waals surface area contributed by atoms with Crippen LogP contribution in [0, 0.1) is 0 Å². The Bertz CT molecular complexity index is 463. The van der Waals surface area contributed by atoms with E-state index in [-0.39, 0.29) is 5.92 Å². The zero-order chi connectivity index (χ0) is 12.5. The molecular formula is C14H18N2OS. The number of carbonyl (C=O) groups excluding carboxylic acids is 1. The molecule has 2 atom stereocenters. The van der Waals surface area contributed by atoms with Crippen LogP contribution in [-0.2, 0) is 4.79 Å². The van der Waals surface area contributed by atoms with E-state index in [1.54, 1.807) is 11.8 Å². The number of nitrogens with one attached hydrogen (secondary N) is 1. The van der Waals surface area contributed by atoms with Crippen molar-refractivity contribution in [3.63, 3.8) is 0 Å². The second-order valence-corrected chi connectivity index (χ2v) is 6.05. The van der Waals surface area contributed by atoms with Crippen molar-refractivity contribution in [2.45, 2.75) is 23.8 Å². The normalized spacial score (nSPS) is 27.1. The van der Waals surface area contributed by atoms with E-state index in [1.807, 2.05) is 17.0 Å². The van der Waals surface area contributed by atoms with Gasteiger partial charge in [0.25, 0.3) is 0 Å². The first-order valence-corrected chi connectivity index (χ1v) is 7.49. The lowest BCUT2D eigenvalue weighted by molar-refractivity contribution is -0.135. The quantitative estimate of drug-likeness (QED) is 0.836. The van der Waals surface area contributed by atoms with Gasteiger partial charge in [-0.05, 0) is 18.6 Å². The summed E-state index contributed by atoms with van der Waals surface area (Å²) in [6.45, 7) is 4.78. The van der Waals surface area contributed by atoms with Crippen molar-refractivity contribution in [3.8, 4) is 0 Å². The third kappa shape index (κ3) is 2.04. The Morgan fingerprint density at radius 1 is 1.44 bits per heavy atom. The van der Waals surface area contributed by atoms with Gasteiger partial charge in [0.1, 0.15) is 0 Å². The van der Waals surface area contributed by atoms with Gasteiger partial charge in [-0.15, -0.1) is 11.8 Å². The predicted molar refractivity (Wildman–Crippen MR) is 74.0 cm³/mol. The van der Waals surface area contributed by atoms with E-state index in [4.69, 9.17) is 0 Å². The molecule has 3 nitrogen and oxygen atoms in total. The molecule has 1 saturated heterocycles. The molecule has 96 valence electrons. The van der Waals surface area contributed by atoms with Crippen molar-refractivity contribution in [1.29, 1.82) is 0 Å². The number of fused-ring (bicyclic) bond motifs is 1. The fourth-order valence-corrected chi connectivity index (χ4v) is 3.96. The predicted octanol–water partition coefficient (Wildman–Crippen LogP) is 1.70. The van der Waals surface area contributed by atoms with Crippen LogP contribution >= 0.6 is 11.8 Å². The fraction of sp³-hybridized carbons (Fsp3) is 0.500. The number of piperazine rings is 1. The largest absolute Gasteiger partial charge is 0.337 e. The molecular weight excluding hydrogens is 244 g/mol. The standard InChI is InChI=1S/C14H18N2OS/c1-10-8-15-6-7-16(10)14(17)12-9-18-13-5-3-2-4-11(12)13/h2-5,10,12,15H,6-9H2,1H3/t10-,12+/m1/s1. The van der Waals surface area contributed by atoms with Crippen LogP contribution in [0.15, 0.2) is 29.2 Å². The molecule has 1 amide bonds. The molecule has 0 aliphatic carbocycles. The summed E-state index contributed by atoms with van der Waals surface area (Å²) < 4.78 is 0. The van der Waals surface area contributed by atoms with Crippen LogP contribution in [-0.4, -0.2) is 42.2 Å². The third-order valence-corrected chi connectivity index (χ3v) is 4.97. The van der Waals surface area contributed by atoms with Crippen molar-refractivity contribution in [2.24, 2.45) is 0 Å². The number of rotatable bonds is 1. The van der Waals surface area contributed by atoms with E-state index in [0.717, 1.165) is 25.4 Å². The van der Waals surface area contributed by atoms with Gasteiger partial charge in [0.05, 0.1) is 5.92 Å². The summed E-state index contributed by atoms with van der Waals surface area (Å²) in [6.07, 6.45) is 0. The average Bonchev–Trinajstić information content (AvgIpc) is 2.82. The molecule has 2 aliphatic heterocycles. The second kappa shape index (κ2) is 4.94. The van der Waals surface area contributed by atoms with E-state index < -0.39 is 0 Å². The van der Waals surface area contributed by atoms with Gasteiger partial charge in [-0.2, -0.15) is 0 Å². The topological polar surface area (TPSA) is 32.3 Å². The van der Waals surface area contributed by atoms with Crippen molar-refractivity contribution in [1.82, 2.24) is 10.2 Å². The number of amides is 1. The Morgan fingerprint density at radius 3 is 3.11 bits per heavy atom. The molecule has 18 heavy (non-hydrogen) atoms. The minimum absolute atomic E-state index is 0.0618. The Hall–Kier alpha value is -1.00. The van der Waals surface area contributed by atoms with Gasteiger partial charge < -0.3 is 10.2 Å². The van der Waals surface area contributed by atoms with Crippen LogP contribution in [0.25, 0.3) is 0 Å². The van der Waals surface area contributed by atoms with E-state index in [0.29, 0.717) is 11.9 Å². The summed E-state index contributed by atoms with van der Waals surface area (Å²) in [5.41, 5.74) is 1.22. The zero-order valence-electron chi connectivity index (χ0n) is 10.6. The number of benzene rings is 1. The first kappa shape index (κ1) is 12.1. The minimum Gasteiger partial charge on any atom is -0.337 e. The van der Waals surface area contributed by atoms with Crippen molar-refractivity contribution >= 4 is 17.7 Å². The van der Waals surface area contributed by atoms with E-state index in [9.17, 15) is 4.79 Å². The van der Waals surface area contributed by atoms with Gasteiger partial charge in [-0.3, -0.25) is 4.79 Å². The Balaban J connectivity index is 1.82. The molecule has 2 heterocycles. The minimum atomic E-state index is 0.0618. The molecule has 1 N–H and O–H groups in total. The summed E-state index contributed by atoms with van der Waals surface area (Å²) in [5, 5.41) is 3.33. The lowest BCUT2D eigenvalue weighted by Crippen LogP contribution is -2.53. The Labute approximate surface area is 112 Å². The maximum Gasteiger partial charge on any atom is 0.231 e. The van der Waals surface area contributed by atoms with E-state index in [1.165, 1.54) is 10.5 Å². The third-order valence-electron chi connectivity index (χ3n) is 3.78. The summed E-state index contributed by atoms with van der Waals surface area (Å²) in [7, 11) is 0. The molecule has 1 aromatic rings. The highest BCUT2D eigenvalue weighted by atomic mass is 32.2. The van der Waals surface area contributed by atoms with Gasteiger partial charge in [0, 0.05) is 36.3 Å². The molecule has 2 aliphatic rings. The number of thioether (sulfide) groups is 1. The highest BCUT2D eigenvalue weighted by Gasteiger charge is 2.34. The van der Waals surface area contributed by atoms with Gasteiger partial charge in [-0.1, -0.05) is 18.2 Å². The molecule has 0 aromatic heterocycles. The van der Waals surface area contributed by atoms with Crippen molar-refractivity contribution in [2.75, 3.05) is 25.4 Å². The molecule has 0 spiro atoms. The van der Waals surface area contributed by atoms with Crippen LogP contribution in [0.4, 0.5) is 0 Å². The van der Waals surface area contributed by atoms with Crippen LogP contribution in [0.3, 0.4) is 0 Å². The van der Waals surface area contributed by atoms with Gasteiger partial charge in [0.2, 0.25) is 5.91 Å². The number of hydrogen-bond acceptors (Lipinski definition) is 3. The Morgan fingerprint density at radius 2 is 2.28 bits per heavy atom. The van der Waals surface area contributed by atoms with Crippen molar-refractivity contribution in [3.05, 3.63) is 29.8 Å². The molecule has 0 radical (unpaired) electrons. The van der Waals surface area contributed by atoms with Crippen LogP contribution in [0.1, 0.15) is 18.4 Å². The summed E-state index contributed by atoms with van der Waals surface area (Å²) in [5.74, 6) is 1.27. The molecule has 4 heteroatoms. The SMILES string of the molecule is C[C@@H]1CNCCN1C(=O)[C@H]1CSc2ccccc21. The van der Waals surface area contributed by atoms with Crippen molar-refractivity contribution < 1.29 is 4.79 Å². The second-order valence-electron chi connectivity index (χ2n) is 4.99. The first-order valence-electron chi connectivity index (χ1n) is 6.50. The summed E-state index contributed by atoms with van der Waals surface area (Å²) in [4.78, 5) is 16.0. The molecule has 1 aromatic carbocycles. The molecule has 0 unspecified atom stereocenters. The van der Waals surface area contributed by atoms with E-state index >= 15 is 0 Å².